The van der Waals surface area contributed by atoms with Crippen LogP contribution in [0.3, 0.4) is 0 Å². The first-order valence-corrected chi connectivity index (χ1v) is 9.66. The Balaban J connectivity index is 1.74. The topological polar surface area (TPSA) is 33.5 Å². The summed E-state index contributed by atoms with van der Waals surface area (Å²) >= 11 is 2.07. The van der Waals surface area contributed by atoms with E-state index in [9.17, 15) is 4.79 Å². The lowest BCUT2D eigenvalue weighted by Gasteiger charge is -2.31. The normalized spacial score (nSPS) is 22.6. The van der Waals surface area contributed by atoms with Crippen molar-refractivity contribution >= 4 is 33.6 Å². The number of hydrogen-bond acceptors (Lipinski definition) is 3. The third-order valence-electron chi connectivity index (χ3n) is 5.08. The molecule has 1 saturated carbocycles. The van der Waals surface area contributed by atoms with Crippen LogP contribution in [-0.4, -0.2) is 18.0 Å². The zero-order valence-electron chi connectivity index (χ0n) is 13.5. The minimum atomic E-state index is 0.114. The fourth-order valence-corrected chi connectivity index (χ4v) is 4.20. The van der Waals surface area contributed by atoms with E-state index in [4.69, 9.17) is 4.42 Å². The van der Waals surface area contributed by atoms with Gasteiger partial charge in [0.25, 0.3) is 0 Å². The van der Waals surface area contributed by atoms with Crippen LogP contribution in [0, 0.1) is 9.49 Å². The van der Waals surface area contributed by atoms with Gasteiger partial charge < -0.3 is 4.42 Å². The minimum absolute atomic E-state index is 0.114. The SMILES string of the molecule is C[C@H]1CCCN(Cc2cc(C3CC3)c3occ(I)c(=O)c3c2)C1. The molecule has 1 aliphatic heterocycles. The van der Waals surface area contributed by atoms with Gasteiger partial charge in [0.15, 0.2) is 0 Å². The summed E-state index contributed by atoms with van der Waals surface area (Å²) in [5.41, 5.74) is 3.44. The quantitative estimate of drug-likeness (QED) is 0.682. The Hall–Kier alpha value is -0.880. The van der Waals surface area contributed by atoms with Gasteiger partial charge in [-0.3, -0.25) is 9.69 Å². The van der Waals surface area contributed by atoms with Crippen molar-refractivity contribution in [1.29, 1.82) is 0 Å². The minimum Gasteiger partial charge on any atom is -0.463 e. The lowest BCUT2D eigenvalue weighted by Crippen LogP contribution is -2.33. The molecule has 4 heteroatoms. The molecule has 23 heavy (non-hydrogen) atoms. The first-order chi connectivity index (χ1) is 11.1. The highest BCUT2D eigenvalue weighted by molar-refractivity contribution is 14.1. The van der Waals surface area contributed by atoms with Gasteiger partial charge in [0.1, 0.15) is 11.8 Å². The lowest BCUT2D eigenvalue weighted by atomic mass is 9.98. The van der Waals surface area contributed by atoms with Crippen molar-refractivity contribution in [1.82, 2.24) is 4.90 Å². The van der Waals surface area contributed by atoms with Crippen molar-refractivity contribution in [2.75, 3.05) is 13.1 Å². The second-order valence-corrected chi connectivity index (χ2v) is 8.39. The first-order valence-electron chi connectivity index (χ1n) is 8.58. The summed E-state index contributed by atoms with van der Waals surface area (Å²) in [5, 5.41) is 0.765. The van der Waals surface area contributed by atoms with Gasteiger partial charge in [-0.2, -0.15) is 0 Å². The molecule has 1 saturated heterocycles. The second-order valence-electron chi connectivity index (χ2n) is 7.23. The number of nitrogens with zero attached hydrogens (tertiary/aromatic N) is 1. The maximum atomic E-state index is 12.5. The van der Waals surface area contributed by atoms with E-state index in [0.717, 1.165) is 30.0 Å². The zero-order chi connectivity index (χ0) is 16.0. The molecule has 1 aromatic carbocycles. The van der Waals surface area contributed by atoms with Crippen LogP contribution >= 0.6 is 22.6 Å². The molecular weight excluding hydrogens is 401 g/mol. The van der Waals surface area contributed by atoms with Crippen LogP contribution in [0.15, 0.2) is 27.6 Å². The molecule has 0 unspecified atom stereocenters. The van der Waals surface area contributed by atoms with Gasteiger partial charge in [-0.25, -0.2) is 0 Å². The molecule has 2 heterocycles. The van der Waals surface area contributed by atoms with Crippen LogP contribution in [0.5, 0.6) is 0 Å². The number of rotatable bonds is 3. The number of benzene rings is 1. The lowest BCUT2D eigenvalue weighted by molar-refractivity contribution is 0.176. The van der Waals surface area contributed by atoms with E-state index in [-0.39, 0.29) is 5.43 Å². The molecule has 3 nitrogen and oxygen atoms in total. The monoisotopic (exact) mass is 423 g/mol. The van der Waals surface area contributed by atoms with E-state index in [1.165, 1.54) is 43.4 Å². The second kappa shape index (κ2) is 6.20. The van der Waals surface area contributed by atoms with Crippen molar-refractivity contribution in [3.8, 4) is 0 Å². The van der Waals surface area contributed by atoms with Crippen LogP contribution in [0.1, 0.15) is 49.7 Å². The maximum Gasteiger partial charge on any atom is 0.206 e. The molecule has 0 radical (unpaired) electrons. The van der Waals surface area contributed by atoms with Crippen molar-refractivity contribution < 1.29 is 4.42 Å². The van der Waals surface area contributed by atoms with Gasteiger partial charge in [0, 0.05) is 13.1 Å². The molecule has 2 fully saturated rings. The fourth-order valence-electron chi connectivity index (χ4n) is 3.78. The van der Waals surface area contributed by atoms with Gasteiger partial charge >= 0.3 is 0 Å². The first kappa shape index (κ1) is 15.6. The third kappa shape index (κ3) is 3.20. The van der Waals surface area contributed by atoms with Gasteiger partial charge in [0.2, 0.25) is 5.43 Å². The molecule has 0 amide bonds. The largest absolute Gasteiger partial charge is 0.463 e. The van der Waals surface area contributed by atoms with Crippen LogP contribution in [-0.2, 0) is 6.54 Å². The summed E-state index contributed by atoms with van der Waals surface area (Å²) in [6, 6.07) is 4.35. The summed E-state index contributed by atoms with van der Waals surface area (Å²) in [5.74, 6) is 1.36. The summed E-state index contributed by atoms with van der Waals surface area (Å²) in [6.45, 7) is 5.61. The molecule has 1 atom stereocenters. The fraction of sp³-hybridized carbons (Fsp3) is 0.526. The summed E-state index contributed by atoms with van der Waals surface area (Å²) in [4.78, 5) is 15.1. The molecule has 1 aromatic heterocycles. The van der Waals surface area contributed by atoms with Gasteiger partial charge in [-0.1, -0.05) is 13.0 Å². The highest BCUT2D eigenvalue weighted by Gasteiger charge is 2.28. The Labute approximate surface area is 150 Å². The van der Waals surface area contributed by atoms with E-state index < -0.39 is 0 Å². The number of likely N-dealkylation sites (tertiary alicyclic amines) is 1. The van der Waals surface area contributed by atoms with Crippen molar-refractivity contribution in [2.45, 2.75) is 45.1 Å². The average molecular weight is 423 g/mol. The Morgan fingerprint density at radius 1 is 1.30 bits per heavy atom. The van der Waals surface area contributed by atoms with Gasteiger partial charge in [-0.05, 0) is 83.8 Å². The highest BCUT2D eigenvalue weighted by atomic mass is 127. The van der Waals surface area contributed by atoms with Crippen LogP contribution in [0.2, 0.25) is 0 Å². The van der Waals surface area contributed by atoms with E-state index in [1.807, 2.05) is 0 Å². The average Bonchev–Trinajstić information content (AvgIpc) is 3.35. The van der Waals surface area contributed by atoms with E-state index >= 15 is 0 Å². The number of halogens is 1. The van der Waals surface area contributed by atoms with E-state index in [1.54, 1.807) is 6.26 Å². The Bertz CT molecular complexity index is 794. The number of piperidine rings is 1. The molecule has 122 valence electrons. The number of hydrogen-bond donors (Lipinski definition) is 0. The highest BCUT2D eigenvalue weighted by Crippen LogP contribution is 2.43. The predicted octanol–water partition coefficient (Wildman–Crippen LogP) is 4.51. The van der Waals surface area contributed by atoms with E-state index in [0.29, 0.717) is 9.49 Å². The smallest absolute Gasteiger partial charge is 0.206 e. The van der Waals surface area contributed by atoms with Gasteiger partial charge in [-0.15, -0.1) is 0 Å². The van der Waals surface area contributed by atoms with E-state index in [2.05, 4.69) is 46.5 Å². The molecule has 0 N–H and O–H groups in total. The Morgan fingerprint density at radius 3 is 2.87 bits per heavy atom. The van der Waals surface area contributed by atoms with Crippen LogP contribution < -0.4 is 5.43 Å². The Morgan fingerprint density at radius 2 is 2.13 bits per heavy atom. The molecule has 1 aliphatic carbocycles. The molecule has 0 bridgehead atoms. The third-order valence-corrected chi connectivity index (χ3v) is 5.83. The molecular formula is C19H22INO2. The summed E-state index contributed by atoms with van der Waals surface area (Å²) in [6.07, 6.45) is 6.65. The zero-order valence-corrected chi connectivity index (χ0v) is 15.6. The van der Waals surface area contributed by atoms with Crippen molar-refractivity contribution in [3.63, 3.8) is 0 Å². The summed E-state index contributed by atoms with van der Waals surface area (Å²) in [7, 11) is 0. The number of fused-ring (bicyclic) bond motifs is 1. The van der Waals surface area contributed by atoms with Gasteiger partial charge in [0.05, 0.1) is 8.96 Å². The molecule has 2 aliphatic rings. The molecule has 2 aromatic rings. The van der Waals surface area contributed by atoms with Crippen molar-refractivity contribution in [3.05, 3.63) is 43.3 Å². The standard InChI is InChI=1S/C19H22INO2/c1-12-3-2-6-21(9-12)10-13-7-15(14-4-5-14)19-16(8-13)18(22)17(20)11-23-19/h7-8,11-12,14H,2-6,9-10H2,1H3/t12-/m0/s1. The summed E-state index contributed by atoms with van der Waals surface area (Å²) < 4.78 is 6.46. The van der Waals surface area contributed by atoms with Crippen LogP contribution in [0.25, 0.3) is 11.0 Å². The molecule has 0 spiro atoms. The van der Waals surface area contributed by atoms with Crippen LogP contribution in [0.4, 0.5) is 0 Å². The maximum absolute atomic E-state index is 12.5. The molecule has 4 rings (SSSR count). The Kier molecular flexibility index (Phi) is 4.22. The predicted molar refractivity (Wildman–Crippen MR) is 101 cm³/mol. The van der Waals surface area contributed by atoms with Crippen molar-refractivity contribution in [2.24, 2.45) is 5.92 Å².